The molecule has 0 aliphatic carbocycles. The Morgan fingerprint density at radius 2 is 2.29 bits per heavy atom. The molecule has 0 fully saturated rings. The molecule has 0 aromatic carbocycles. The molecule has 0 saturated carbocycles. The van der Waals surface area contributed by atoms with Crippen LogP contribution in [0.4, 0.5) is 0 Å². The first-order chi connectivity index (χ1) is 6.86. The average molecular weight is 214 g/mol. The SMILES string of the molecule is CCCCCCC1CN=C(SC)NC1. The molecule has 14 heavy (non-hydrogen) atoms. The number of rotatable bonds is 5. The van der Waals surface area contributed by atoms with Gasteiger partial charge in [-0.05, 0) is 18.6 Å². The summed E-state index contributed by atoms with van der Waals surface area (Å²) in [4.78, 5) is 4.50. The molecule has 1 N–H and O–H groups in total. The Balaban J connectivity index is 2.07. The van der Waals surface area contributed by atoms with E-state index in [0.717, 1.165) is 24.2 Å². The molecule has 1 rings (SSSR count). The van der Waals surface area contributed by atoms with Gasteiger partial charge in [-0.25, -0.2) is 0 Å². The number of hydrogen-bond donors (Lipinski definition) is 1. The first-order valence-electron chi connectivity index (χ1n) is 5.69. The van der Waals surface area contributed by atoms with Crippen LogP contribution in [-0.2, 0) is 0 Å². The number of aliphatic imine (C=N–C) groups is 1. The molecule has 1 atom stereocenters. The number of unbranched alkanes of at least 4 members (excludes halogenated alkanes) is 3. The summed E-state index contributed by atoms with van der Waals surface area (Å²) in [5, 5.41) is 4.49. The topological polar surface area (TPSA) is 24.4 Å². The summed E-state index contributed by atoms with van der Waals surface area (Å²) < 4.78 is 0. The number of hydrogen-bond acceptors (Lipinski definition) is 3. The van der Waals surface area contributed by atoms with E-state index < -0.39 is 0 Å². The van der Waals surface area contributed by atoms with Crippen molar-refractivity contribution in [1.82, 2.24) is 5.32 Å². The normalized spacial score (nSPS) is 21.6. The highest BCUT2D eigenvalue weighted by molar-refractivity contribution is 8.13. The van der Waals surface area contributed by atoms with E-state index >= 15 is 0 Å². The van der Waals surface area contributed by atoms with Crippen LogP contribution in [0.15, 0.2) is 4.99 Å². The second-order valence-corrected chi connectivity index (χ2v) is 4.74. The van der Waals surface area contributed by atoms with Crippen molar-refractivity contribution in [2.75, 3.05) is 19.3 Å². The predicted molar refractivity (Wildman–Crippen MR) is 66.1 cm³/mol. The fraction of sp³-hybridized carbons (Fsp3) is 0.909. The van der Waals surface area contributed by atoms with Gasteiger partial charge in [-0.15, -0.1) is 0 Å². The van der Waals surface area contributed by atoms with Crippen molar-refractivity contribution in [2.24, 2.45) is 10.9 Å². The summed E-state index contributed by atoms with van der Waals surface area (Å²) in [6.07, 6.45) is 8.92. The zero-order valence-electron chi connectivity index (χ0n) is 9.38. The van der Waals surface area contributed by atoms with E-state index in [0.29, 0.717) is 0 Å². The highest BCUT2D eigenvalue weighted by Crippen LogP contribution is 2.14. The molecular formula is C11H22N2S. The van der Waals surface area contributed by atoms with Crippen molar-refractivity contribution in [3.8, 4) is 0 Å². The van der Waals surface area contributed by atoms with E-state index in [1.54, 1.807) is 11.8 Å². The number of amidine groups is 1. The molecule has 1 aliphatic heterocycles. The maximum atomic E-state index is 4.50. The third kappa shape index (κ3) is 4.36. The maximum absolute atomic E-state index is 4.50. The number of thioether (sulfide) groups is 1. The van der Waals surface area contributed by atoms with Gasteiger partial charge >= 0.3 is 0 Å². The van der Waals surface area contributed by atoms with Crippen LogP contribution in [0.25, 0.3) is 0 Å². The van der Waals surface area contributed by atoms with Crippen LogP contribution in [0.2, 0.25) is 0 Å². The third-order valence-electron chi connectivity index (χ3n) is 2.69. The van der Waals surface area contributed by atoms with Crippen LogP contribution in [-0.4, -0.2) is 24.5 Å². The van der Waals surface area contributed by atoms with Crippen molar-refractivity contribution in [1.29, 1.82) is 0 Å². The van der Waals surface area contributed by atoms with Gasteiger partial charge in [-0.1, -0.05) is 44.4 Å². The van der Waals surface area contributed by atoms with E-state index in [1.165, 1.54) is 32.1 Å². The summed E-state index contributed by atoms with van der Waals surface area (Å²) in [7, 11) is 0. The Morgan fingerprint density at radius 1 is 1.43 bits per heavy atom. The maximum Gasteiger partial charge on any atom is 0.156 e. The molecule has 82 valence electrons. The third-order valence-corrected chi connectivity index (χ3v) is 3.35. The molecule has 0 bridgehead atoms. The van der Waals surface area contributed by atoms with Gasteiger partial charge in [0.1, 0.15) is 0 Å². The Bertz CT molecular complexity index is 180. The summed E-state index contributed by atoms with van der Waals surface area (Å²) in [5.41, 5.74) is 0. The molecule has 1 heterocycles. The first kappa shape index (κ1) is 11.9. The quantitative estimate of drug-likeness (QED) is 0.712. The van der Waals surface area contributed by atoms with Gasteiger partial charge in [-0.3, -0.25) is 4.99 Å². The van der Waals surface area contributed by atoms with Crippen molar-refractivity contribution in [3.63, 3.8) is 0 Å². The van der Waals surface area contributed by atoms with Crippen LogP contribution >= 0.6 is 11.8 Å². The molecule has 3 heteroatoms. The van der Waals surface area contributed by atoms with E-state index in [9.17, 15) is 0 Å². The molecule has 0 radical (unpaired) electrons. The van der Waals surface area contributed by atoms with Gasteiger partial charge in [0.05, 0.1) is 0 Å². The molecule has 0 aromatic rings. The standard InChI is InChI=1S/C11H22N2S/c1-3-4-5-6-7-10-8-12-11(14-2)13-9-10/h10H,3-9H2,1-2H3,(H,12,13). The summed E-state index contributed by atoms with van der Waals surface area (Å²) in [6.45, 7) is 4.43. The smallest absolute Gasteiger partial charge is 0.156 e. The lowest BCUT2D eigenvalue weighted by Crippen LogP contribution is -2.33. The zero-order chi connectivity index (χ0) is 10.2. The van der Waals surface area contributed by atoms with Gasteiger partial charge in [-0.2, -0.15) is 0 Å². The van der Waals surface area contributed by atoms with Gasteiger partial charge in [0.15, 0.2) is 5.17 Å². The monoisotopic (exact) mass is 214 g/mol. The minimum Gasteiger partial charge on any atom is -0.365 e. The van der Waals surface area contributed by atoms with E-state index in [2.05, 4.69) is 23.5 Å². The van der Waals surface area contributed by atoms with Crippen LogP contribution in [0.3, 0.4) is 0 Å². The molecule has 1 aliphatic rings. The highest BCUT2D eigenvalue weighted by atomic mass is 32.2. The lowest BCUT2D eigenvalue weighted by molar-refractivity contribution is 0.446. The van der Waals surface area contributed by atoms with E-state index in [-0.39, 0.29) is 0 Å². The zero-order valence-corrected chi connectivity index (χ0v) is 10.2. The second kappa shape index (κ2) is 7.16. The van der Waals surface area contributed by atoms with Crippen molar-refractivity contribution in [3.05, 3.63) is 0 Å². The number of nitrogens with zero attached hydrogens (tertiary/aromatic N) is 1. The second-order valence-electron chi connectivity index (χ2n) is 3.95. The van der Waals surface area contributed by atoms with Crippen LogP contribution in [0.5, 0.6) is 0 Å². The summed E-state index contributed by atoms with van der Waals surface area (Å²) in [6, 6.07) is 0. The van der Waals surface area contributed by atoms with Crippen LogP contribution < -0.4 is 5.32 Å². The average Bonchev–Trinajstić information content (AvgIpc) is 2.25. The van der Waals surface area contributed by atoms with Gasteiger partial charge in [0, 0.05) is 13.1 Å². The van der Waals surface area contributed by atoms with E-state index in [4.69, 9.17) is 0 Å². The van der Waals surface area contributed by atoms with E-state index in [1.807, 2.05) is 0 Å². The van der Waals surface area contributed by atoms with Crippen LogP contribution in [0, 0.1) is 5.92 Å². The van der Waals surface area contributed by atoms with Gasteiger partial charge in [0.25, 0.3) is 0 Å². The minimum absolute atomic E-state index is 0.780. The molecule has 0 amide bonds. The molecule has 2 nitrogen and oxygen atoms in total. The Kier molecular flexibility index (Phi) is 6.08. The fourth-order valence-corrected chi connectivity index (χ4v) is 2.19. The van der Waals surface area contributed by atoms with Gasteiger partial charge in [0.2, 0.25) is 0 Å². The van der Waals surface area contributed by atoms with Crippen molar-refractivity contribution in [2.45, 2.75) is 39.0 Å². The Hall–Kier alpha value is -0.180. The summed E-state index contributed by atoms with van der Waals surface area (Å²) in [5.74, 6) is 0.780. The Morgan fingerprint density at radius 3 is 2.86 bits per heavy atom. The van der Waals surface area contributed by atoms with Crippen molar-refractivity contribution < 1.29 is 0 Å². The predicted octanol–water partition coefficient (Wildman–Crippen LogP) is 2.90. The summed E-state index contributed by atoms with van der Waals surface area (Å²) >= 11 is 1.72. The molecule has 1 unspecified atom stereocenters. The van der Waals surface area contributed by atoms with Gasteiger partial charge < -0.3 is 5.32 Å². The Labute approximate surface area is 92.0 Å². The lowest BCUT2D eigenvalue weighted by Gasteiger charge is -2.21. The molecule has 0 saturated heterocycles. The fourth-order valence-electron chi connectivity index (χ4n) is 1.75. The molecule has 0 spiro atoms. The van der Waals surface area contributed by atoms with Crippen molar-refractivity contribution >= 4 is 16.9 Å². The molecular weight excluding hydrogens is 192 g/mol. The van der Waals surface area contributed by atoms with Crippen LogP contribution in [0.1, 0.15) is 39.0 Å². The largest absolute Gasteiger partial charge is 0.365 e. The lowest BCUT2D eigenvalue weighted by atomic mass is 10.0. The highest BCUT2D eigenvalue weighted by Gasteiger charge is 2.13. The molecule has 0 aromatic heterocycles. The minimum atomic E-state index is 0.780. The number of nitrogens with one attached hydrogen (secondary N) is 1. The first-order valence-corrected chi connectivity index (χ1v) is 6.91.